The Morgan fingerprint density at radius 1 is 1.06 bits per heavy atom. The molecule has 2 aromatic carbocycles. The molecule has 1 aromatic heterocycles. The van der Waals surface area contributed by atoms with Gasteiger partial charge in [-0.3, -0.25) is 4.79 Å². The van der Waals surface area contributed by atoms with E-state index in [1.165, 1.54) is 0 Å². The summed E-state index contributed by atoms with van der Waals surface area (Å²) in [5, 5.41) is 4.69. The summed E-state index contributed by atoms with van der Waals surface area (Å²) in [6.45, 7) is 6.03. The van der Waals surface area contributed by atoms with E-state index in [4.69, 9.17) is 9.47 Å². The number of imidazole rings is 1. The van der Waals surface area contributed by atoms with Crippen molar-refractivity contribution < 1.29 is 18.8 Å². The van der Waals surface area contributed by atoms with Crippen molar-refractivity contribution in [3.63, 3.8) is 0 Å². The van der Waals surface area contributed by atoms with Gasteiger partial charge in [-0.15, -0.1) is 4.68 Å². The number of Topliss-reactive ketones (excluding diaryl/α,β-unsaturated/α-hetero) is 1. The third-order valence-electron chi connectivity index (χ3n) is 5.41. The van der Waals surface area contributed by atoms with Crippen LogP contribution in [0.25, 0.3) is 11.4 Å². The van der Waals surface area contributed by atoms with Crippen LogP contribution in [0.2, 0.25) is 0 Å². The summed E-state index contributed by atoms with van der Waals surface area (Å²) in [4.78, 5) is 14.9. The summed E-state index contributed by atoms with van der Waals surface area (Å²) in [6.07, 6.45) is 5.54. The molecule has 0 aliphatic rings. The number of aromatic nitrogens is 2. The van der Waals surface area contributed by atoms with Crippen LogP contribution in [-0.2, 0) is 11.3 Å². The average Bonchev–Trinajstić information content (AvgIpc) is 3.19. The number of ether oxygens (including phenoxy) is 2. The molecule has 0 atom stereocenters. The van der Waals surface area contributed by atoms with Gasteiger partial charge >= 0.3 is 5.82 Å². The zero-order chi connectivity index (χ0) is 24.2. The molecular formula is C26H33N4O3+. The van der Waals surface area contributed by atoms with Crippen LogP contribution in [0.5, 0.6) is 11.5 Å². The molecule has 0 amide bonds. The molecule has 0 unspecified atom stereocenters. The molecule has 0 radical (unpaired) electrons. The molecule has 7 heteroatoms. The second-order valence-corrected chi connectivity index (χ2v) is 9.07. The van der Waals surface area contributed by atoms with Crippen molar-refractivity contribution in [3.05, 3.63) is 60.4 Å². The van der Waals surface area contributed by atoms with E-state index in [-0.39, 0.29) is 12.3 Å². The second kappa shape index (κ2) is 9.90. The Bertz CT molecular complexity index is 1140. The number of carbonyl (C=O) groups is 1. The van der Waals surface area contributed by atoms with Crippen molar-refractivity contribution in [1.82, 2.24) is 4.68 Å². The van der Waals surface area contributed by atoms with E-state index in [1.807, 2.05) is 82.2 Å². The zero-order valence-electron chi connectivity index (χ0n) is 20.5. The maximum Gasteiger partial charge on any atom is 0.314 e. The maximum atomic E-state index is 12.8. The molecule has 0 bridgehead atoms. The fourth-order valence-corrected chi connectivity index (χ4v) is 3.29. The molecule has 0 N–H and O–H groups in total. The molecule has 0 spiro atoms. The largest absolute Gasteiger partial charge is 0.493 e. The van der Waals surface area contributed by atoms with Gasteiger partial charge in [-0.1, -0.05) is 38.0 Å². The van der Waals surface area contributed by atoms with Gasteiger partial charge in [0.25, 0.3) is 0 Å². The quantitative estimate of drug-likeness (QED) is 0.385. The van der Waals surface area contributed by atoms with Crippen LogP contribution in [0.3, 0.4) is 0 Å². The van der Waals surface area contributed by atoms with E-state index in [9.17, 15) is 4.79 Å². The molecule has 0 fully saturated rings. The molecule has 3 rings (SSSR count). The lowest BCUT2D eigenvalue weighted by atomic mass is 9.91. The number of nitrogens with zero attached hydrogens (tertiary/aromatic N) is 4. The number of hydrogen-bond donors (Lipinski definition) is 0. The average molecular weight is 450 g/mol. The maximum absolute atomic E-state index is 12.8. The summed E-state index contributed by atoms with van der Waals surface area (Å²) in [5.74, 6) is 2.16. The number of ketones is 1. The fourth-order valence-electron chi connectivity index (χ4n) is 3.29. The Labute approximate surface area is 195 Å². The van der Waals surface area contributed by atoms with E-state index < -0.39 is 5.41 Å². The zero-order valence-corrected chi connectivity index (χ0v) is 20.5. The van der Waals surface area contributed by atoms with Crippen molar-refractivity contribution in [2.24, 2.45) is 10.5 Å². The van der Waals surface area contributed by atoms with E-state index in [1.54, 1.807) is 25.1 Å². The molecule has 33 heavy (non-hydrogen) atoms. The summed E-state index contributed by atoms with van der Waals surface area (Å²) in [7, 11) is 7.23. The standard InChI is InChI=1S/C26H33N4O3/c1-26(2,3)24(31)18-29-14-15-30(27-17-19-8-11-21(12-9-19)28(4)5)25(29)20-10-13-22(32-6)23(16-20)33-7/h8-17H,18H2,1-7H3/q+1/b27-17+. The molecule has 1 heterocycles. The van der Waals surface area contributed by atoms with Gasteiger partial charge in [0.1, 0.15) is 12.7 Å². The first-order valence-electron chi connectivity index (χ1n) is 10.8. The van der Waals surface area contributed by atoms with Crippen LogP contribution in [0, 0.1) is 5.41 Å². The Morgan fingerprint density at radius 2 is 1.73 bits per heavy atom. The van der Waals surface area contributed by atoms with Gasteiger partial charge in [0.15, 0.2) is 23.5 Å². The van der Waals surface area contributed by atoms with E-state index in [0.29, 0.717) is 11.5 Å². The SMILES string of the molecule is COc1ccc(-c2n(/N=C/c3ccc(N(C)C)cc3)cc[n+]2CC(=O)C(C)(C)C)cc1OC. The van der Waals surface area contributed by atoms with Crippen molar-refractivity contribution in [3.8, 4) is 22.9 Å². The minimum absolute atomic E-state index is 0.134. The van der Waals surface area contributed by atoms with Crippen LogP contribution in [0.15, 0.2) is 60.0 Å². The lowest BCUT2D eigenvalue weighted by Crippen LogP contribution is -2.42. The first-order chi connectivity index (χ1) is 15.6. The van der Waals surface area contributed by atoms with Crippen molar-refractivity contribution >= 4 is 17.7 Å². The third-order valence-corrected chi connectivity index (χ3v) is 5.41. The minimum Gasteiger partial charge on any atom is -0.493 e. The smallest absolute Gasteiger partial charge is 0.314 e. The number of benzene rings is 2. The number of hydrogen-bond acceptors (Lipinski definition) is 5. The molecule has 3 aromatic rings. The number of rotatable bonds is 8. The van der Waals surface area contributed by atoms with E-state index in [0.717, 1.165) is 22.6 Å². The molecule has 7 nitrogen and oxygen atoms in total. The Morgan fingerprint density at radius 3 is 2.30 bits per heavy atom. The molecule has 0 aliphatic carbocycles. The molecule has 0 saturated carbocycles. The Hall–Kier alpha value is -3.61. The van der Waals surface area contributed by atoms with Crippen molar-refractivity contribution in [1.29, 1.82) is 0 Å². The van der Waals surface area contributed by atoms with Crippen LogP contribution >= 0.6 is 0 Å². The topological polar surface area (TPSA) is 59.9 Å². The lowest BCUT2D eigenvalue weighted by Gasteiger charge is -2.15. The second-order valence-electron chi connectivity index (χ2n) is 9.07. The van der Waals surface area contributed by atoms with Gasteiger partial charge in [0, 0.05) is 25.2 Å². The highest BCUT2D eigenvalue weighted by atomic mass is 16.5. The van der Waals surface area contributed by atoms with Gasteiger partial charge in [-0.2, -0.15) is 0 Å². The predicted octanol–water partition coefficient (Wildman–Crippen LogP) is 4.02. The Balaban J connectivity index is 2.04. The summed E-state index contributed by atoms with van der Waals surface area (Å²) in [5.41, 5.74) is 2.52. The van der Waals surface area contributed by atoms with Crippen LogP contribution in [-0.4, -0.2) is 45.0 Å². The minimum atomic E-state index is -0.443. The molecule has 0 aliphatic heterocycles. The summed E-state index contributed by atoms with van der Waals surface area (Å²) in [6, 6.07) is 13.8. The highest BCUT2D eigenvalue weighted by Gasteiger charge is 2.28. The van der Waals surface area contributed by atoms with E-state index in [2.05, 4.69) is 22.1 Å². The summed E-state index contributed by atoms with van der Waals surface area (Å²) >= 11 is 0. The highest BCUT2D eigenvalue weighted by molar-refractivity contribution is 5.82. The third kappa shape index (κ3) is 5.61. The highest BCUT2D eigenvalue weighted by Crippen LogP contribution is 2.31. The van der Waals surface area contributed by atoms with Crippen LogP contribution in [0.1, 0.15) is 26.3 Å². The van der Waals surface area contributed by atoms with Gasteiger partial charge in [0.2, 0.25) is 0 Å². The first kappa shape index (κ1) is 24.0. The van der Waals surface area contributed by atoms with Crippen molar-refractivity contribution in [2.45, 2.75) is 27.3 Å². The van der Waals surface area contributed by atoms with Crippen LogP contribution < -0.4 is 18.9 Å². The van der Waals surface area contributed by atoms with Crippen molar-refractivity contribution in [2.75, 3.05) is 33.2 Å². The predicted molar refractivity (Wildman–Crippen MR) is 131 cm³/mol. The first-order valence-corrected chi connectivity index (χ1v) is 10.8. The summed E-state index contributed by atoms with van der Waals surface area (Å²) < 4.78 is 14.6. The number of methoxy groups -OCH3 is 2. The molecular weight excluding hydrogens is 416 g/mol. The van der Waals surface area contributed by atoms with Gasteiger partial charge in [0.05, 0.1) is 26.0 Å². The van der Waals surface area contributed by atoms with Crippen LogP contribution in [0.4, 0.5) is 5.69 Å². The lowest BCUT2D eigenvalue weighted by molar-refractivity contribution is -0.673. The van der Waals surface area contributed by atoms with Gasteiger partial charge in [-0.25, -0.2) is 4.57 Å². The Kier molecular flexibility index (Phi) is 7.21. The molecule has 0 saturated heterocycles. The molecule has 174 valence electrons. The van der Waals surface area contributed by atoms with Gasteiger partial charge < -0.3 is 14.4 Å². The normalized spacial score (nSPS) is 11.6. The van der Waals surface area contributed by atoms with Gasteiger partial charge in [-0.05, 0) is 35.9 Å². The fraction of sp³-hybridized carbons (Fsp3) is 0.346. The number of carbonyl (C=O) groups excluding carboxylic acids is 1. The monoisotopic (exact) mass is 449 g/mol. The number of anilines is 1. The van der Waals surface area contributed by atoms with E-state index >= 15 is 0 Å².